The molecule has 0 spiro atoms. The molecule has 7 heteroatoms. The number of halogens is 2. The first-order valence-corrected chi connectivity index (χ1v) is 10.4. The largest absolute Gasteiger partial charge is 0.325 e. The van der Waals surface area contributed by atoms with Gasteiger partial charge in [-0.1, -0.05) is 57.5 Å². The molecule has 1 N–H and O–H groups in total. The van der Waals surface area contributed by atoms with Gasteiger partial charge in [0, 0.05) is 26.1 Å². The molecular weight excluding hydrogens is 440 g/mol. The molecule has 0 unspecified atom stereocenters. The Morgan fingerprint density at radius 3 is 2.76 bits per heavy atom. The fraction of sp³-hybridized carbons (Fsp3) is 0.111. The average molecular weight is 454 g/mol. The van der Waals surface area contributed by atoms with Crippen LogP contribution >= 0.6 is 50.6 Å². The Kier molecular flexibility index (Phi) is 6.17. The number of nitrogens with one attached hydrogen (secondary N) is 1. The van der Waals surface area contributed by atoms with E-state index in [2.05, 4.69) is 26.2 Å². The molecular formula is C18H14BrClN2OS2. The summed E-state index contributed by atoms with van der Waals surface area (Å²) in [7, 11) is 0. The number of thioether (sulfide) groups is 1. The molecule has 0 fully saturated rings. The van der Waals surface area contributed by atoms with E-state index in [1.165, 1.54) is 11.8 Å². The molecule has 0 aliphatic heterocycles. The minimum Gasteiger partial charge on any atom is -0.325 e. The molecule has 0 aliphatic carbocycles. The topological polar surface area (TPSA) is 42.0 Å². The number of rotatable bonds is 5. The quantitative estimate of drug-likeness (QED) is 0.463. The third-order valence-electron chi connectivity index (χ3n) is 3.41. The van der Waals surface area contributed by atoms with Crippen molar-refractivity contribution < 1.29 is 4.79 Å². The highest BCUT2D eigenvalue weighted by atomic mass is 79.9. The highest BCUT2D eigenvalue weighted by Gasteiger charge is 2.09. The van der Waals surface area contributed by atoms with Crippen molar-refractivity contribution in [2.75, 3.05) is 11.1 Å². The van der Waals surface area contributed by atoms with Gasteiger partial charge < -0.3 is 5.32 Å². The van der Waals surface area contributed by atoms with Crippen LogP contribution in [0.5, 0.6) is 0 Å². The lowest BCUT2D eigenvalue weighted by Crippen LogP contribution is -2.13. The number of hydrogen-bond acceptors (Lipinski definition) is 4. The number of anilines is 1. The normalized spacial score (nSPS) is 10.7. The number of nitrogens with zero attached hydrogens (tertiary/aromatic N) is 1. The molecule has 3 rings (SSSR count). The number of benzene rings is 2. The van der Waals surface area contributed by atoms with E-state index in [4.69, 9.17) is 11.6 Å². The van der Waals surface area contributed by atoms with Crippen molar-refractivity contribution in [1.29, 1.82) is 0 Å². The van der Waals surface area contributed by atoms with Gasteiger partial charge >= 0.3 is 0 Å². The molecule has 2 aromatic carbocycles. The lowest BCUT2D eigenvalue weighted by molar-refractivity contribution is -0.113. The smallest absolute Gasteiger partial charge is 0.234 e. The summed E-state index contributed by atoms with van der Waals surface area (Å²) in [5, 5.41) is 5.50. The molecule has 0 saturated carbocycles. The zero-order valence-corrected chi connectivity index (χ0v) is 17.2. The van der Waals surface area contributed by atoms with Crippen LogP contribution in [-0.4, -0.2) is 16.6 Å². The van der Waals surface area contributed by atoms with E-state index in [0.29, 0.717) is 16.5 Å². The van der Waals surface area contributed by atoms with Crippen molar-refractivity contribution in [3.63, 3.8) is 0 Å². The number of thiazole rings is 1. The summed E-state index contributed by atoms with van der Waals surface area (Å²) in [6, 6.07) is 13.5. The predicted molar refractivity (Wildman–Crippen MR) is 111 cm³/mol. The standard InChI is InChI=1S/C18H14BrClN2OS2/c1-11-2-7-14(8-15(11)20)21-17(23)10-25-18-22-16(9-24-18)12-3-5-13(19)6-4-12/h2-9H,10H2,1H3,(H,21,23). The van der Waals surface area contributed by atoms with E-state index in [9.17, 15) is 4.79 Å². The van der Waals surface area contributed by atoms with Crippen LogP contribution in [0, 0.1) is 6.92 Å². The summed E-state index contributed by atoms with van der Waals surface area (Å²) in [5.74, 6) is 0.226. The van der Waals surface area contributed by atoms with E-state index in [-0.39, 0.29) is 5.91 Å². The van der Waals surface area contributed by atoms with Gasteiger partial charge in [0.1, 0.15) is 0 Å². The van der Waals surface area contributed by atoms with Gasteiger partial charge in [0.15, 0.2) is 4.34 Å². The van der Waals surface area contributed by atoms with Crippen molar-refractivity contribution in [3.8, 4) is 11.3 Å². The van der Waals surface area contributed by atoms with Gasteiger partial charge in [0.25, 0.3) is 0 Å². The van der Waals surface area contributed by atoms with Crippen molar-refractivity contribution >= 4 is 62.2 Å². The summed E-state index contributed by atoms with van der Waals surface area (Å²) in [6.07, 6.45) is 0. The Morgan fingerprint density at radius 1 is 1.28 bits per heavy atom. The van der Waals surface area contributed by atoms with Crippen molar-refractivity contribution in [3.05, 3.63) is 62.9 Å². The second-order valence-electron chi connectivity index (χ2n) is 5.31. The predicted octanol–water partition coefficient (Wildman–Crippen LogP) is 6.27. The summed E-state index contributed by atoms with van der Waals surface area (Å²) in [6.45, 7) is 1.93. The molecule has 0 aliphatic rings. The average Bonchev–Trinajstić information content (AvgIpc) is 3.06. The Bertz CT molecular complexity index is 896. The molecule has 1 heterocycles. The van der Waals surface area contributed by atoms with Crippen molar-refractivity contribution in [2.24, 2.45) is 0 Å². The van der Waals surface area contributed by atoms with Crippen LogP contribution in [-0.2, 0) is 4.79 Å². The van der Waals surface area contributed by atoms with E-state index in [1.807, 2.05) is 48.7 Å². The van der Waals surface area contributed by atoms with Gasteiger partial charge in [-0.25, -0.2) is 4.98 Å². The number of hydrogen-bond donors (Lipinski definition) is 1. The second-order valence-corrected chi connectivity index (χ2v) is 8.71. The van der Waals surface area contributed by atoms with Crippen LogP contribution in [0.2, 0.25) is 5.02 Å². The van der Waals surface area contributed by atoms with Crippen molar-refractivity contribution in [2.45, 2.75) is 11.3 Å². The third-order valence-corrected chi connectivity index (χ3v) is 6.36. The molecule has 128 valence electrons. The lowest BCUT2D eigenvalue weighted by Gasteiger charge is -2.06. The fourth-order valence-electron chi connectivity index (χ4n) is 2.07. The van der Waals surface area contributed by atoms with Crippen LogP contribution in [0.15, 0.2) is 56.7 Å². The minimum atomic E-state index is -0.0784. The first-order chi connectivity index (χ1) is 12.0. The summed E-state index contributed by atoms with van der Waals surface area (Å²) < 4.78 is 1.91. The van der Waals surface area contributed by atoms with Crippen LogP contribution in [0.25, 0.3) is 11.3 Å². The van der Waals surface area contributed by atoms with E-state index in [1.54, 1.807) is 17.4 Å². The number of aryl methyl sites for hydroxylation is 1. The monoisotopic (exact) mass is 452 g/mol. The van der Waals surface area contributed by atoms with Crippen LogP contribution in [0.4, 0.5) is 5.69 Å². The molecule has 3 aromatic rings. The van der Waals surface area contributed by atoms with Crippen molar-refractivity contribution in [1.82, 2.24) is 4.98 Å². The number of carbonyl (C=O) groups is 1. The van der Waals surface area contributed by atoms with Crippen LogP contribution in [0.1, 0.15) is 5.56 Å². The molecule has 25 heavy (non-hydrogen) atoms. The molecule has 0 saturated heterocycles. The van der Waals surface area contributed by atoms with Gasteiger partial charge in [-0.15, -0.1) is 11.3 Å². The van der Waals surface area contributed by atoms with Gasteiger partial charge in [0.2, 0.25) is 5.91 Å². The van der Waals surface area contributed by atoms with E-state index in [0.717, 1.165) is 25.6 Å². The number of aromatic nitrogens is 1. The highest BCUT2D eigenvalue weighted by molar-refractivity contribution is 9.10. The van der Waals surface area contributed by atoms with Crippen LogP contribution < -0.4 is 5.32 Å². The Morgan fingerprint density at radius 2 is 2.04 bits per heavy atom. The Balaban J connectivity index is 1.57. The number of carbonyl (C=O) groups excluding carboxylic acids is 1. The summed E-state index contributed by atoms with van der Waals surface area (Å²) in [4.78, 5) is 16.7. The highest BCUT2D eigenvalue weighted by Crippen LogP contribution is 2.29. The molecule has 0 atom stereocenters. The van der Waals surface area contributed by atoms with Gasteiger partial charge in [-0.3, -0.25) is 4.79 Å². The molecule has 0 bridgehead atoms. The Labute approximate surface area is 168 Å². The minimum absolute atomic E-state index is 0.0784. The van der Waals surface area contributed by atoms with E-state index >= 15 is 0 Å². The molecule has 3 nitrogen and oxygen atoms in total. The Hall–Kier alpha value is -1.34. The first kappa shape index (κ1) is 18.5. The zero-order valence-electron chi connectivity index (χ0n) is 13.3. The third kappa shape index (κ3) is 5.07. The fourth-order valence-corrected chi connectivity index (χ4v) is 4.15. The molecule has 1 amide bonds. The SMILES string of the molecule is Cc1ccc(NC(=O)CSc2nc(-c3ccc(Br)cc3)cs2)cc1Cl. The van der Waals surface area contributed by atoms with Crippen LogP contribution in [0.3, 0.4) is 0 Å². The zero-order chi connectivity index (χ0) is 17.8. The van der Waals surface area contributed by atoms with Gasteiger partial charge in [-0.05, 0) is 36.8 Å². The van der Waals surface area contributed by atoms with E-state index < -0.39 is 0 Å². The summed E-state index contributed by atoms with van der Waals surface area (Å²) in [5.41, 5.74) is 3.67. The van der Waals surface area contributed by atoms with Gasteiger partial charge in [0.05, 0.1) is 11.4 Å². The molecule has 1 aromatic heterocycles. The summed E-state index contributed by atoms with van der Waals surface area (Å²) >= 11 is 12.5. The molecule has 0 radical (unpaired) electrons. The number of amides is 1. The maximum atomic E-state index is 12.1. The van der Waals surface area contributed by atoms with Gasteiger partial charge in [-0.2, -0.15) is 0 Å². The lowest BCUT2D eigenvalue weighted by atomic mass is 10.2. The maximum absolute atomic E-state index is 12.1. The first-order valence-electron chi connectivity index (χ1n) is 7.41. The second kappa shape index (κ2) is 8.36. The maximum Gasteiger partial charge on any atom is 0.234 e.